The second-order valence-electron chi connectivity index (χ2n) is 12.7. The van der Waals surface area contributed by atoms with Gasteiger partial charge in [0.25, 0.3) is 0 Å². The minimum absolute atomic E-state index is 0.00797. The van der Waals surface area contributed by atoms with E-state index >= 15 is 8.78 Å². The molecule has 11 nitrogen and oxygen atoms in total. The first-order valence-electron chi connectivity index (χ1n) is 16.0. The number of hydrogen-bond donors (Lipinski definition) is 3. The Morgan fingerprint density at radius 1 is 1.35 bits per heavy atom. The molecule has 0 saturated carbocycles. The van der Waals surface area contributed by atoms with E-state index in [0.29, 0.717) is 32.0 Å². The summed E-state index contributed by atoms with van der Waals surface area (Å²) in [4.78, 5) is 20.1. The van der Waals surface area contributed by atoms with E-state index in [0.717, 1.165) is 49.6 Å². The maximum Gasteiger partial charge on any atom is 0.409 e. The highest BCUT2D eigenvalue weighted by molar-refractivity contribution is 7.23. The lowest BCUT2D eigenvalue weighted by molar-refractivity contribution is 0.0201. The first kappa shape index (κ1) is 32.0. The molecule has 0 aliphatic carbocycles. The third-order valence-corrected chi connectivity index (χ3v) is 11.4. The molecule has 1 unspecified atom stereocenters. The highest BCUT2D eigenvalue weighted by Crippen LogP contribution is 2.46. The van der Waals surface area contributed by atoms with Gasteiger partial charge >= 0.3 is 12.0 Å². The molecule has 5 aliphatic heterocycles. The number of ether oxygens (including phenoxy) is 3. The fraction of sp³-hybridized carbons (Fsp3) is 0.424. The van der Waals surface area contributed by atoms with E-state index < -0.39 is 29.4 Å². The van der Waals surface area contributed by atoms with E-state index in [1.165, 1.54) is 6.07 Å². The third kappa shape index (κ3) is 5.24. The maximum atomic E-state index is 17.3. The number of nitrogens with one attached hydrogen (secondary N) is 2. The predicted octanol–water partition coefficient (Wildman–Crippen LogP) is 4.97. The highest BCUT2D eigenvalue weighted by atomic mass is 35.5. The third-order valence-electron chi connectivity index (χ3n) is 9.90. The molecule has 2 aromatic carbocycles. The number of carbonyl (C=O) groups is 1. The number of fused-ring (bicyclic) bond motifs is 2. The van der Waals surface area contributed by atoms with Gasteiger partial charge in [0.05, 0.1) is 50.2 Å². The molecule has 1 amide bonds. The number of hydrogen-bond acceptors (Lipinski definition) is 10. The van der Waals surface area contributed by atoms with Crippen molar-refractivity contribution in [2.45, 2.75) is 49.9 Å². The Bertz CT molecular complexity index is 2100. The number of carboxylic acid groups (broad SMARTS) is 1. The van der Waals surface area contributed by atoms with Crippen LogP contribution in [0.15, 0.2) is 29.3 Å². The fourth-order valence-electron chi connectivity index (χ4n) is 7.79. The van der Waals surface area contributed by atoms with Crippen LogP contribution in [0.4, 0.5) is 23.0 Å². The van der Waals surface area contributed by atoms with E-state index in [1.807, 2.05) is 11.0 Å². The summed E-state index contributed by atoms with van der Waals surface area (Å²) in [6.07, 6.45) is 2.81. The van der Waals surface area contributed by atoms with Crippen LogP contribution in [0.1, 0.15) is 37.7 Å². The molecule has 3 N–H and O–H groups in total. The van der Waals surface area contributed by atoms with Gasteiger partial charge in [-0.05, 0) is 43.9 Å². The van der Waals surface area contributed by atoms with Crippen LogP contribution < -0.4 is 25.9 Å². The van der Waals surface area contributed by atoms with Crippen LogP contribution in [0.2, 0.25) is 5.02 Å². The van der Waals surface area contributed by atoms with Crippen molar-refractivity contribution in [3.63, 3.8) is 0 Å². The van der Waals surface area contributed by atoms with Gasteiger partial charge < -0.3 is 29.5 Å². The Morgan fingerprint density at radius 2 is 2.20 bits per heavy atom. The first-order chi connectivity index (χ1) is 23.7. The van der Waals surface area contributed by atoms with Gasteiger partial charge in [-0.25, -0.2) is 18.0 Å². The molecule has 3 fully saturated rings. The van der Waals surface area contributed by atoms with Gasteiger partial charge in [0, 0.05) is 30.5 Å². The molecule has 0 radical (unpaired) electrons. The molecule has 8 rings (SSSR count). The van der Waals surface area contributed by atoms with Crippen LogP contribution in [-0.2, 0) is 9.47 Å². The van der Waals surface area contributed by atoms with Gasteiger partial charge in [-0.3, -0.25) is 15.2 Å². The quantitative estimate of drug-likeness (QED) is 0.324. The lowest BCUT2D eigenvalue weighted by Crippen LogP contribution is -2.48. The average molecular weight is 715 g/mol. The van der Waals surface area contributed by atoms with E-state index in [-0.39, 0.29) is 78.4 Å². The summed E-state index contributed by atoms with van der Waals surface area (Å²) in [7, 11) is 0. The van der Waals surface area contributed by atoms with Crippen LogP contribution in [0, 0.1) is 23.0 Å². The van der Waals surface area contributed by atoms with Crippen molar-refractivity contribution < 1.29 is 37.3 Å². The van der Waals surface area contributed by atoms with Gasteiger partial charge in [-0.2, -0.15) is 5.26 Å². The molecule has 6 heterocycles. The molecule has 5 aliphatic rings. The lowest BCUT2D eigenvalue weighted by Gasteiger charge is -2.35. The van der Waals surface area contributed by atoms with Crippen molar-refractivity contribution in [2.75, 3.05) is 44.9 Å². The molecule has 256 valence electrons. The number of anilines is 1. The number of halogens is 4. The predicted molar refractivity (Wildman–Crippen MR) is 174 cm³/mol. The second-order valence-corrected chi connectivity index (χ2v) is 14.1. The summed E-state index contributed by atoms with van der Waals surface area (Å²) in [6.45, 7) is 2.33. The summed E-state index contributed by atoms with van der Waals surface area (Å²) in [5.74, 6) is -1.43. The molecule has 0 spiro atoms. The highest BCUT2D eigenvalue weighted by Gasteiger charge is 2.49. The van der Waals surface area contributed by atoms with Crippen molar-refractivity contribution in [1.82, 2.24) is 15.1 Å². The SMILES string of the molecule is N#Cc1c(NC(=O)O)sc2c(F)ccc(-c3c(F)c4c5c(c3Cl)=NCNC=5N(C3CCCOC3)C=C(OC[C@@]35CCCN3C[C@H](F)C5)O4)c12. The van der Waals surface area contributed by atoms with Crippen LogP contribution in [-0.4, -0.2) is 78.3 Å². The average Bonchev–Trinajstić information content (AvgIpc) is 3.70. The zero-order valence-electron chi connectivity index (χ0n) is 26.0. The van der Waals surface area contributed by atoms with E-state index in [2.05, 4.69) is 20.5 Å². The standard InChI is InChI=1S/C33H30ClF3N6O5S/c34-25-23(18-4-5-20(36)29-22(18)19(10-38)31(49-29)41-32(44)45)26(37)28-24-27(25)39-15-40-30(24)43(17-3-1-8-46-13-17)12-21(48-28)47-14-33-6-2-7-42(33)11-16(35)9-33/h4-5,12,16-17,40-41H,1-3,6-9,11,13-15H2,(H,44,45)/t16-,17?,33+/m1/s1. The summed E-state index contributed by atoms with van der Waals surface area (Å²) in [6, 6.07) is 4.17. The van der Waals surface area contributed by atoms with Crippen molar-refractivity contribution >= 4 is 49.9 Å². The number of nitrogens with zero attached hydrogens (tertiary/aromatic N) is 4. The maximum absolute atomic E-state index is 17.3. The number of thiophene rings is 1. The molecule has 49 heavy (non-hydrogen) atoms. The zero-order valence-corrected chi connectivity index (χ0v) is 27.5. The van der Waals surface area contributed by atoms with Crippen molar-refractivity contribution in [2.24, 2.45) is 4.99 Å². The number of nitriles is 1. The van der Waals surface area contributed by atoms with Gasteiger partial charge in [-0.15, -0.1) is 11.3 Å². The van der Waals surface area contributed by atoms with Crippen LogP contribution in [0.5, 0.6) is 5.75 Å². The molecule has 16 heteroatoms. The lowest BCUT2D eigenvalue weighted by atomic mass is 9.95. The molecular weight excluding hydrogens is 685 g/mol. The Hall–Kier alpha value is -4.23. The van der Waals surface area contributed by atoms with Crippen LogP contribution in [0.3, 0.4) is 0 Å². The Balaban J connectivity index is 1.32. The molecular formula is C33H30ClF3N6O5S. The Morgan fingerprint density at radius 3 is 2.98 bits per heavy atom. The normalized spacial score (nSPS) is 24.6. The number of benzene rings is 2. The molecule has 3 aromatic rings. The van der Waals surface area contributed by atoms with Crippen LogP contribution >= 0.6 is 22.9 Å². The number of alkyl halides is 1. The summed E-state index contributed by atoms with van der Waals surface area (Å²) < 4.78 is 65.4. The molecule has 3 saturated heterocycles. The molecule has 1 aromatic heterocycles. The number of rotatable bonds is 6. The Kier molecular flexibility index (Phi) is 8.02. The van der Waals surface area contributed by atoms with E-state index in [4.69, 9.17) is 25.8 Å². The van der Waals surface area contributed by atoms with E-state index in [9.17, 15) is 19.6 Å². The molecule has 0 bridgehead atoms. The molecule has 3 atom stereocenters. The van der Waals surface area contributed by atoms with Gasteiger partial charge in [0.2, 0.25) is 0 Å². The topological polar surface area (TPSA) is 132 Å². The Labute approximate surface area is 286 Å². The monoisotopic (exact) mass is 714 g/mol. The summed E-state index contributed by atoms with van der Waals surface area (Å²) >= 11 is 7.73. The van der Waals surface area contributed by atoms with Crippen LogP contribution in [0.25, 0.3) is 27.0 Å². The van der Waals surface area contributed by atoms with Crippen molar-refractivity contribution in [1.29, 1.82) is 5.26 Å². The minimum atomic E-state index is -1.45. The summed E-state index contributed by atoms with van der Waals surface area (Å²) in [5.41, 5.74) is -0.837. The zero-order chi connectivity index (χ0) is 34.0. The van der Waals surface area contributed by atoms with Gasteiger partial charge in [0.1, 0.15) is 42.2 Å². The van der Waals surface area contributed by atoms with Gasteiger partial charge in [-0.1, -0.05) is 17.7 Å². The smallest absolute Gasteiger partial charge is 0.409 e. The van der Waals surface area contributed by atoms with Crippen molar-refractivity contribution in [3.05, 3.63) is 57.1 Å². The van der Waals surface area contributed by atoms with Crippen molar-refractivity contribution in [3.8, 4) is 22.9 Å². The van der Waals surface area contributed by atoms with E-state index in [1.54, 1.807) is 6.20 Å². The first-order valence-corrected chi connectivity index (χ1v) is 17.2. The summed E-state index contributed by atoms with van der Waals surface area (Å²) in [5, 5.41) is 25.1. The minimum Gasteiger partial charge on any atom is -0.465 e. The largest absolute Gasteiger partial charge is 0.465 e. The fourth-order valence-corrected chi connectivity index (χ4v) is 9.20. The number of amides is 1. The van der Waals surface area contributed by atoms with Gasteiger partial charge in [0.15, 0.2) is 11.6 Å². The second kappa shape index (κ2) is 12.3.